The molecule has 1 aliphatic heterocycles. The average molecular weight is 289 g/mol. The minimum atomic E-state index is -0.00506. The molecule has 0 saturated carbocycles. The predicted molar refractivity (Wildman–Crippen MR) is 83.0 cm³/mol. The van der Waals surface area contributed by atoms with Crippen molar-refractivity contribution in [2.24, 2.45) is 0 Å². The number of rotatable bonds is 5. The third-order valence-corrected chi connectivity index (χ3v) is 3.61. The van der Waals surface area contributed by atoms with Crippen LogP contribution in [0.4, 0.5) is 5.69 Å². The molecule has 1 aliphatic rings. The molecule has 0 bridgehead atoms. The van der Waals surface area contributed by atoms with Crippen LogP contribution in [-0.2, 0) is 9.59 Å². The van der Waals surface area contributed by atoms with Gasteiger partial charge in [0.1, 0.15) is 0 Å². The summed E-state index contributed by atoms with van der Waals surface area (Å²) in [5, 5.41) is 2.88. The fraction of sp³-hybridized carbons (Fsp3) is 0.500. The van der Waals surface area contributed by atoms with Crippen molar-refractivity contribution in [1.29, 1.82) is 0 Å². The number of carbonyl (C=O) groups excluding carboxylic acids is 2. The van der Waals surface area contributed by atoms with E-state index in [0.29, 0.717) is 13.0 Å². The molecule has 1 aromatic rings. The predicted octanol–water partition coefficient (Wildman–Crippen LogP) is 1.57. The third-order valence-electron chi connectivity index (χ3n) is 3.61. The van der Waals surface area contributed by atoms with Crippen LogP contribution in [0.2, 0.25) is 0 Å². The molecule has 0 aromatic heterocycles. The molecular formula is C16H23N3O2. The van der Waals surface area contributed by atoms with Crippen molar-refractivity contribution in [3.63, 3.8) is 0 Å². The van der Waals surface area contributed by atoms with E-state index in [1.165, 1.54) is 0 Å². The van der Waals surface area contributed by atoms with E-state index in [1.54, 1.807) is 0 Å². The van der Waals surface area contributed by atoms with Gasteiger partial charge < -0.3 is 10.2 Å². The van der Waals surface area contributed by atoms with E-state index in [9.17, 15) is 9.59 Å². The molecule has 2 rings (SSSR count). The van der Waals surface area contributed by atoms with Gasteiger partial charge in [-0.1, -0.05) is 25.1 Å². The van der Waals surface area contributed by atoms with Crippen LogP contribution in [0.1, 0.15) is 19.8 Å². The molecule has 0 spiro atoms. The lowest BCUT2D eigenvalue weighted by molar-refractivity contribution is -0.133. The Labute approximate surface area is 125 Å². The number of anilines is 1. The van der Waals surface area contributed by atoms with E-state index >= 15 is 0 Å². The summed E-state index contributed by atoms with van der Waals surface area (Å²) in [5.74, 6) is 0.223. The SMILES string of the molecule is CCCC(=O)N1CCN(CC(=O)Nc2ccccc2)CC1. The number of amides is 2. The van der Waals surface area contributed by atoms with Crippen molar-refractivity contribution in [2.75, 3.05) is 38.0 Å². The van der Waals surface area contributed by atoms with Crippen LogP contribution < -0.4 is 5.32 Å². The first-order valence-electron chi connectivity index (χ1n) is 7.54. The van der Waals surface area contributed by atoms with Crippen molar-refractivity contribution in [1.82, 2.24) is 9.80 Å². The molecule has 0 aliphatic carbocycles. The van der Waals surface area contributed by atoms with Crippen molar-refractivity contribution < 1.29 is 9.59 Å². The van der Waals surface area contributed by atoms with Crippen LogP contribution in [0.25, 0.3) is 0 Å². The Hall–Kier alpha value is -1.88. The number of nitrogens with zero attached hydrogens (tertiary/aromatic N) is 2. The van der Waals surface area contributed by atoms with E-state index in [1.807, 2.05) is 42.2 Å². The summed E-state index contributed by atoms with van der Waals surface area (Å²) in [5.41, 5.74) is 0.819. The van der Waals surface area contributed by atoms with Gasteiger partial charge >= 0.3 is 0 Å². The largest absolute Gasteiger partial charge is 0.340 e. The number of para-hydroxylation sites is 1. The van der Waals surface area contributed by atoms with Crippen molar-refractivity contribution >= 4 is 17.5 Å². The fourth-order valence-electron chi connectivity index (χ4n) is 2.45. The second-order valence-corrected chi connectivity index (χ2v) is 5.32. The van der Waals surface area contributed by atoms with Gasteiger partial charge in [0.15, 0.2) is 0 Å². The monoisotopic (exact) mass is 289 g/mol. The van der Waals surface area contributed by atoms with Gasteiger partial charge in [0.2, 0.25) is 11.8 Å². The van der Waals surface area contributed by atoms with E-state index in [4.69, 9.17) is 0 Å². The van der Waals surface area contributed by atoms with Gasteiger partial charge in [-0.15, -0.1) is 0 Å². The second kappa shape index (κ2) is 7.78. The average Bonchev–Trinajstić information content (AvgIpc) is 2.49. The molecule has 1 fully saturated rings. The van der Waals surface area contributed by atoms with Crippen LogP contribution in [0.15, 0.2) is 30.3 Å². The summed E-state index contributed by atoms with van der Waals surface area (Å²) in [6.07, 6.45) is 1.51. The summed E-state index contributed by atoms with van der Waals surface area (Å²) >= 11 is 0. The van der Waals surface area contributed by atoms with E-state index in [0.717, 1.165) is 38.3 Å². The molecular weight excluding hydrogens is 266 g/mol. The van der Waals surface area contributed by atoms with Crippen molar-refractivity contribution in [3.05, 3.63) is 30.3 Å². The molecule has 21 heavy (non-hydrogen) atoms. The zero-order valence-electron chi connectivity index (χ0n) is 12.5. The van der Waals surface area contributed by atoms with E-state index in [-0.39, 0.29) is 11.8 Å². The van der Waals surface area contributed by atoms with Gasteiger partial charge in [0, 0.05) is 38.3 Å². The summed E-state index contributed by atoms with van der Waals surface area (Å²) in [6, 6.07) is 9.46. The van der Waals surface area contributed by atoms with E-state index < -0.39 is 0 Å². The lowest BCUT2D eigenvalue weighted by Gasteiger charge is -2.34. The van der Waals surface area contributed by atoms with Gasteiger partial charge in [-0.3, -0.25) is 14.5 Å². The Morgan fingerprint density at radius 3 is 2.38 bits per heavy atom. The molecule has 5 heteroatoms. The zero-order valence-corrected chi connectivity index (χ0v) is 12.5. The highest BCUT2D eigenvalue weighted by atomic mass is 16.2. The number of piperazine rings is 1. The molecule has 1 saturated heterocycles. The van der Waals surface area contributed by atoms with Crippen molar-refractivity contribution in [2.45, 2.75) is 19.8 Å². The number of hydrogen-bond acceptors (Lipinski definition) is 3. The molecule has 5 nitrogen and oxygen atoms in total. The standard InChI is InChI=1S/C16H23N3O2/c1-2-6-16(21)19-11-9-18(10-12-19)13-15(20)17-14-7-4-3-5-8-14/h3-5,7-8H,2,6,9-13H2,1H3,(H,17,20). The molecule has 1 aromatic carbocycles. The first-order chi connectivity index (χ1) is 10.2. The third kappa shape index (κ3) is 4.86. The number of nitrogens with one attached hydrogen (secondary N) is 1. The second-order valence-electron chi connectivity index (χ2n) is 5.32. The van der Waals surface area contributed by atoms with Gasteiger partial charge in [0.25, 0.3) is 0 Å². The van der Waals surface area contributed by atoms with Crippen LogP contribution in [-0.4, -0.2) is 54.3 Å². The van der Waals surface area contributed by atoms with Crippen LogP contribution >= 0.6 is 0 Å². The van der Waals surface area contributed by atoms with Gasteiger partial charge in [-0.2, -0.15) is 0 Å². The number of hydrogen-bond donors (Lipinski definition) is 1. The highest BCUT2D eigenvalue weighted by Crippen LogP contribution is 2.07. The van der Waals surface area contributed by atoms with Gasteiger partial charge in [-0.05, 0) is 18.6 Å². The number of carbonyl (C=O) groups is 2. The molecule has 1 heterocycles. The van der Waals surface area contributed by atoms with Gasteiger partial charge in [0.05, 0.1) is 6.54 Å². The minimum absolute atomic E-state index is 0.00506. The van der Waals surface area contributed by atoms with Crippen molar-refractivity contribution in [3.8, 4) is 0 Å². The molecule has 114 valence electrons. The maximum absolute atomic E-state index is 12.0. The minimum Gasteiger partial charge on any atom is -0.340 e. The van der Waals surface area contributed by atoms with Gasteiger partial charge in [-0.25, -0.2) is 0 Å². The Morgan fingerprint density at radius 2 is 1.76 bits per heavy atom. The van der Waals surface area contributed by atoms with E-state index in [2.05, 4.69) is 10.2 Å². The fourth-order valence-corrected chi connectivity index (χ4v) is 2.45. The number of benzene rings is 1. The lowest BCUT2D eigenvalue weighted by atomic mass is 10.2. The summed E-state index contributed by atoms with van der Waals surface area (Å²) in [4.78, 5) is 27.8. The molecule has 0 unspecified atom stereocenters. The molecule has 1 N–H and O–H groups in total. The summed E-state index contributed by atoms with van der Waals surface area (Å²) < 4.78 is 0. The maximum atomic E-state index is 12.0. The highest BCUT2D eigenvalue weighted by molar-refractivity contribution is 5.92. The van der Waals surface area contributed by atoms with Crippen LogP contribution in [0, 0.1) is 0 Å². The smallest absolute Gasteiger partial charge is 0.238 e. The molecule has 0 atom stereocenters. The Morgan fingerprint density at radius 1 is 1.10 bits per heavy atom. The molecule has 0 radical (unpaired) electrons. The highest BCUT2D eigenvalue weighted by Gasteiger charge is 2.21. The molecule has 2 amide bonds. The maximum Gasteiger partial charge on any atom is 0.238 e. The zero-order chi connectivity index (χ0) is 15.1. The first-order valence-corrected chi connectivity index (χ1v) is 7.54. The van der Waals surface area contributed by atoms with Crippen LogP contribution in [0.5, 0.6) is 0 Å². The Balaban J connectivity index is 1.73. The topological polar surface area (TPSA) is 52.7 Å². The quantitative estimate of drug-likeness (QED) is 0.895. The normalized spacial score (nSPS) is 15.8. The summed E-state index contributed by atoms with van der Waals surface area (Å²) in [7, 11) is 0. The first kappa shape index (κ1) is 15.5. The summed E-state index contributed by atoms with van der Waals surface area (Å²) in [6.45, 7) is 5.36. The van der Waals surface area contributed by atoms with Crippen LogP contribution in [0.3, 0.4) is 0 Å². The lowest BCUT2D eigenvalue weighted by Crippen LogP contribution is -2.50. The Kier molecular flexibility index (Phi) is 5.75. The Bertz CT molecular complexity index is 468.